The number of para-hydroxylation sites is 1. The minimum atomic E-state index is -0.0786. The average Bonchev–Trinajstić information content (AvgIpc) is 3.31. The zero-order chi connectivity index (χ0) is 23.2. The lowest BCUT2D eigenvalue weighted by atomic mass is 9.92. The zero-order valence-electron chi connectivity index (χ0n) is 19.2. The molecule has 0 saturated heterocycles. The van der Waals surface area contributed by atoms with Crippen molar-refractivity contribution < 1.29 is 4.42 Å². The summed E-state index contributed by atoms with van der Waals surface area (Å²) in [6, 6.07) is 29.6. The summed E-state index contributed by atoms with van der Waals surface area (Å²) in [6.07, 6.45) is 12.0. The van der Waals surface area contributed by atoms with Gasteiger partial charge in [-0.05, 0) is 53.1 Å². The Morgan fingerprint density at radius 1 is 0.771 bits per heavy atom. The molecule has 3 heteroatoms. The highest BCUT2D eigenvalue weighted by molar-refractivity contribution is 6.06. The maximum Gasteiger partial charge on any atom is 0.135 e. The van der Waals surface area contributed by atoms with Gasteiger partial charge in [-0.2, -0.15) is 0 Å². The summed E-state index contributed by atoms with van der Waals surface area (Å²) in [5.41, 5.74) is 5.29. The molecule has 35 heavy (non-hydrogen) atoms. The summed E-state index contributed by atoms with van der Waals surface area (Å²) in [5.74, 6) is 1.23. The molecule has 0 radical (unpaired) electrons. The van der Waals surface area contributed by atoms with E-state index in [4.69, 9.17) is 9.41 Å². The van der Waals surface area contributed by atoms with E-state index in [0.717, 1.165) is 45.3 Å². The van der Waals surface area contributed by atoms with Crippen molar-refractivity contribution in [2.45, 2.75) is 12.5 Å². The third-order valence-electron chi connectivity index (χ3n) is 7.01. The topological polar surface area (TPSA) is 37.5 Å². The molecule has 0 amide bonds. The highest BCUT2D eigenvalue weighted by Gasteiger charge is 2.23. The van der Waals surface area contributed by atoms with Crippen LogP contribution in [0.3, 0.4) is 0 Å². The molecule has 168 valence electrons. The molecule has 1 aliphatic heterocycles. The van der Waals surface area contributed by atoms with Crippen LogP contribution in [0.2, 0.25) is 0 Å². The van der Waals surface area contributed by atoms with Crippen LogP contribution in [-0.2, 0) is 0 Å². The first-order valence-electron chi connectivity index (χ1n) is 12.1. The van der Waals surface area contributed by atoms with Gasteiger partial charge in [-0.15, -0.1) is 0 Å². The highest BCUT2D eigenvalue weighted by atomic mass is 16.3. The molecule has 0 bridgehead atoms. The largest absolute Gasteiger partial charge is 0.456 e. The zero-order valence-corrected chi connectivity index (χ0v) is 19.2. The average molecular weight is 453 g/mol. The van der Waals surface area contributed by atoms with Gasteiger partial charge in [-0.3, -0.25) is 4.99 Å². The molecule has 7 rings (SSSR count). The fraction of sp³-hybridized carbons (Fsp3) is 0.0938. The van der Waals surface area contributed by atoms with Crippen molar-refractivity contribution >= 4 is 38.5 Å². The predicted molar refractivity (Wildman–Crippen MR) is 145 cm³/mol. The Morgan fingerprint density at radius 3 is 2.54 bits per heavy atom. The minimum absolute atomic E-state index is 0.0786. The molecule has 2 heterocycles. The van der Waals surface area contributed by atoms with Gasteiger partial charge in [0, 0.05) is 28.0 Å². The molecule has 4 aromatic carbocycles. The van der Waals surface area contributed by atoms with Crippen molar-refractivity contribution in [1.29, 1.82) is 0 Å². The smallest absolute Gasteiger partial charge is 0.135 e. The predicted octanol–water partition coefficient (Wildman–Crippen LogP) is 7.85. The summed E-state index contributed by atoms with van der Waals surface area (Å²) in [6.45, 7) is 0. The molecule has 0 fully saturated rings. The number of nitrogens with zero attached hydrogens (tertiary/aromatic N) is 1. The fourth-order valence-corrected chi connectivity index (χ4v) is 5.17. The van der Waals surface area contributed by atoms with Crippen molar-refractivity contribution in [2.75, 3.05) is 0 Å². The molecule has 1 aliphatic carbocycles. The summed E-state index contributed by atoms with van der Waals surface area (Å²) in [5, 5.41) is 8.40. The number of aliphatic imine (C=N–C) groups is 1. The Bertz CT molecular complexity index is 1720. The molecule has 0 spiro atoms. The molecule has 1 N–H and O–H groups in total. The van der Waals surface area contributed by atoms with E-state index < -0.39 is 0 Å². The number of nitrogens with one attached hydrogen (secondary N) is 1. The van der Waals surface area contributed by atoms with Gasteiger partial charge in [0.25, 0.3) is 0 Å². The van der Waals surface area contributed by atoms with E-state index in [2.05, 4.69) is 108 Å². The van der Waals surface area contributed by atoms with Gasteiger partial charge in [0.15, 0.2) is 0 Å². The molecular weight excluding hydrogens is 428 g/mol. The van der Waals surface area contributed by atoms with E-state index in [1.54, 1.807) is 0 Å². The number of rotatable bonds is 3. The van der Waals surface area contributed by atoms with Gasteiger partial charge in [-0.25, -0.2) is 0 Å². The molecular formula is C32H24N2O. The molecule has 2 unspecified atom stereocenters. The van der Waals surface area contributed by atoms with Crippen LogP contribution in [0, 0.1) is 5.92 Å². The molecule has 2 atom stereocenters. The number of allylic oxidation sites excluding steroid dienone is 4. The van der Waals surface area contributed by atoms with E-state index in [9.17, 15) is 0 Å². The van der Waals surface area contributed by atoms with Crippen LogP contribution >= 0.6 is 0 Å². The van der Waals surface area contributed by atoms with Gasteiger partial charge in [0.05, 0.1) is 6.04 Å². The van der Waals surface area contributed by atoms with Crippen molar-refractivity contribution in [3.63, 3.8) is 0 Å². The van der Waals surface area contributed by atoms with Gasteiger partial charge in [0.2, 0.25) is 0 Å². The molecule has 3 nitrogen and oxygen atoms in total. The number of fused-ring (bicyclic) bond motifs is 4. The van der Waals surface area contributed by atoms with Crippen molar-refractivity contribution in [1.82, 2.24) is 5.32 Å². The summed E-state index contributed by atoms with van der Waals surface area (Å²) in [7, 11) is 0. The van der Waals surface area contributed by atoms with Gasteiger partial charge >= 0.3 is 0 Å². The van der Waals surface area contributed by atoms with Crippen LogP contribution < -0.4 is 5.32 Å². The lowest BCUT2D eigenvalue weighted by Crippen LogP contribution is -2.31. The van der Waals surface area contributed by atoms with Gasteiger partial charge in [-0.1, -0.05) is 85.0 Å². The second-order valence-corrected chi connectivity index (χ2v) is 9.24. The normalized spacial score (nSPS) is 19.7. The Kier molecular flexibility index (Phi) is 4.66. The molecule has 1 aromatic heterocycles. The quantitative estimate of drug-likeness (QED) is 0.303. The number of hydrogen-bond donors (Lipinski definition) is 1. The number of hydrogen-bond acceptors (Lipinski definition) is 3. The van der Waals surface area contributed by atoms with E-state index in [1.165, 1.54) is 16.5 Å². The van der Waals surface area contributed by atoms with Crippen LogP contribution in [-0.4, -0.2) is 5.84 Å². The van der Waals surface area contributed by atoms with E-state index in [1.807, 2.05) is 12.1 Å². The van der Waals surface area contributed by atoms with Crippen molar-refractivity contribution in [2.24, 2.45) is 10.9 Å². The number of amidine groups is 1. The Labute approximate surface area is 203 Å². The second-order valence-electron chi connectivity index (χ2n) is 9.24. The molecule has 5 aromatic rings. The highest BCUT2D eigenvalue weighted by Crippen LogP contribution is 2.34. The van der Waals surface area contributed by atoms with Crippen LogP contribution in [0.1, 0.15) is 23.6 Å². The SMILES string of the molecule is C1=CCC(C2=CC(c3ccc4oc5ccccc5c4c3)N=C(c3ccc4ccccc4c3)N2)C=C1. The lowest BCUT2D eigenvalue weighted by molar-refractivity contribution is 0.668. The number of furan rings is 1. The standard InChI is InChI=1S/C32H24N2O/c1-2-9-22(10-3-1)28-20-29(24-16-17-31-27(19-24)26-12-6-7-13-30(26)35-31)34-32(33-28)25-15-14-21-8-4-5-11-23(21)18-25/h1-9,11-20,22,29H,10H2,(H,33,34). The van der Waals surface area contributed by atoms with Crippen LogP contribution in [0.5, 0.6) is 0 Å². The first-order chi connectivity index (χ1) is 17.3. The number of benzene rings is 4. The van der Waals surface area contributed by atoms with Gasteiger partial charge in [0.1, 0.15) is 17.0 Å². The van der Waals surface area contributed by atoms with Crippen molar-refractivity contribution in [3.05, 3.63) is 132 Å². The monoisotopic (exact) mass is 452 g/mol. The Hall–Kier alpha value is -4.37. The summed E-state index contributed by atoms with van der Waals surface area (Å²) < 4.78 is 6.06. The maximum absolute atomic E-state index is 6.06. The Balaban J connectivity index is 1.35. The summed E-state index contributed by atoms with van der Waals surface area (Å²) in [4.78, 5) is 5.20. The van der Waals surface area contributed by atoms with Crippen molar-refractivity contribution in [3.8, 4) is 0 Å². The first-order valence-corrected chi connectivity index (χ1v) is 12.1. The van der Waals surface area contributed by atoms with Crippen LogP contribution in [0.4, 0.5) is 0 Å². The second kappa shape index (κ2) is 8.14. The third-order valence-corrected chi connectivity index (χ3v) is 7.01. The van der Waals surface area contributed by atoms with E-state index in [0.29, 0.717) is 5.92 Å². The fourth-order valence-electron chi connectivity index (χ4n) is 5.17. The van der Waals surface area contributed by atoms with Crippen LogP contribution in [0.25, 0.3) is 32.7 Å². The van der Waals surface area contributed by atoms with E-state index >= 15 is 0 Å². The lowest BCUT2D eigenvalue weighted by Gasteiger charge is -2.27. The molecule has 2 aliphatic rings. The minimum Gasteiger partial charge on any atom is -0.456 e. The molecule has 0 saturated carbocycles. The Morgan fingerprint density at radius 2 is 1.63 bits per heavy atom. The maximum atomic E-state index is 6.06. The summed E-state index contributed by atoms with van der Waals surface area (Å²) >= 11 is 0. The third kappa shape index (κ3) is 3.57. The first kappa shape index (κ1) is 20.0. The van der Waals surface area contributed by atoms with Gasteiger partial charge < -0.3 is 9.73 Å². The van der Waals surface area contributed by atoms with E-state index in [-0.39, 0.29) is 6.04 Å². The van der Waals surface area contributed by atoms with Crippen LogP contribution in [0.15, 0.2) is 130 Å².